The van der Waals surface area contributed by atoms with E-state index < -0.39 is 5.97 Å². The van der Waals surface area contributed by atoms with Crippen LogP contribution in [0.25, 0.3) is 0 Å². The molecule has 12 nitrogen and oxygen atoms in total. The summed E-state index contributed by atoms with van der Waals surface area (Å²) in [6.07, 6.45) is 19.5. The second kappa shape index (κ2) is 27.1. The Kier molecular flexibility index (Phi) is 24.8. The van der Waals surface area contributed by atoms with Crippen LogP contribution in [-0.4, -0.2) is 113 Å². The van der Waals surface area contributed by atoms with Gasteiger partial charge in [0.1, 0.15) is 5.82 Å². The van der Waals surface area contributed by atoms with Gasteiger partial charge in [0.2, 0.25) is 0 Å². The van der Waals surface area contributed by atoms with E-state index in [0.29, 0.717) is 19.2 Å². The van der Waals surface area contributed by atoms with Gasteiger partial charge in [-0.05, 0) is 120 Å². The smallest absolute Gasteiger partial charge is 0.870 e. The fourth-order valence-corrected chi connectivity index (χ4v) is 7.68. The van der Waals surface area contributed by atoms with E-state index in [4.69, 9.17) is 19.8 Å². The molecule has 0 bridgehead atoms. The predicted molar refractivity (Wildman–Crippen MR) is 211 cm³/mol. The van der Waals surface area contributed by atoms with Crippen molar-refractivity contribution < 1.29 is 49.2 Å². The minimum atomic E-state index is -0.732. The van der Waals surface area contributed by atoms with Crippen molar-refractivity contribution in [3.63, 3.8) is 0 Å². The second-order valence-electron chi connectivity index (χ2n) is 14.8. The van der Waals surface area contributed by atoms with Crippen molar-refractivity contribution in [2.45, 2.75) is 123 Å². The molecule has 0 spiro atoms. The number of aromatic nitrogens is 2. The number of fused-ring (bicyclic) bond motifs is 2. The van der Waals surface area contributed by atoms with Gasteiger partial charge in [-0.1, -0.05) is 45.2 Å². The largest absolute Gasteiger partial charge is 1.00 e. The number of aryl methyl sites for hydroxylation is 5. The molecule has 0 atom stereocenters. The number of carboxylic acid groups (broad SMARTS) is 1. The Balaban J connectivity index is 0.000000504. The fourth-order valence-electron chi connectivity index (χ4n) is 7.68. The maximum Gasteiger partial charge on any atom is 1.00 e. The van der Waals surface area contributed by atoms with Crippen LogP contribution < -0.4 is 29.5 Å². The van der Waals surface area contributed by atoms with Gasteiger partial charge >= 0.3 is 30.8 Å². The molecule has 0 unspecified atom stereocenters. The van der Waals surface area contributed by atoms with E-state index >= 15 is 0 Å². The Morgan fingerprint density at radius 1 is 0.833 bits per heavy atom. The van der Waals surface area contributed by atoms with Gasteiger partial charge in [-0.2, -0.15) is 0 Å². The summed E-state index contributed by atoms with van der Waals surface area (Å²) in [5.74, 6) is 1.07. The van der Waals surface area contributed by atoms with E-state index in [0.717, 1.165) is 76.7 Å². The average molecular weight is 749 g/mol. The number of carboxylic acids is 1. The first-order valence-electron chi connectivity index (χ1n) is 19.7. The van der Waals surface area contributed by atoms with Crippen molar-refractivity contribution in [3.8, 4) is 0 Å². The molecular weight excluding hydrogens is 679 g/mol. The van der Waals surface area contributed by atoms with Crippen LogP contribution in [0.3, 0.4) is 0 Å². The summed E-state index contributed by atoms with van der Waals surface area (Å²) in [6, 6.07) is 9.44. The average Bonchev–Trinajstić information content (AvgIpc) is 3.08. The van der Waals surface area contributed by atoms with E-state index in [1.165, 1.54) is 105 Å². The molecule has 5 heterocycles. The number of likely N-dealkylation sites (tertiary alicyclic amines) is 2. The topological polar surface area (TPSA) is 181 Å². The van der Waals surface area contributed by atoms with Crippen LogP contribution >= 0.6 is 0 Å². The number of ether oxygens (including phenoxy) is 1. The second-order valence-corrected chi connectivity index (χ2v) is 14.8. The molecule has 2 saturated heterocycles. The third kappa shape index (κ3) is 17.1. The Hall–Kier alpha value is -2.56. The molecule has 2 aromatic rings. The number of hydrogen-bond donors (Lipinski definition) is 3. The molecule has 6 N–H and O–H groups in total. The van der Waals surface area contributed by atoms with E-state index in [1.807, 2.05) is 11.8 Å². The van der Waals surface area contributed by atoms with Crippen molar-refractivity contribution in [3.05, 3.63) is 52.5 Å². The predicted octanol–water partition coefficient (Wildman–Crippen LogP) is 2.10. The van der Waals surface area contributed by atoms with Gasteiger partial charge in [0.05, 0.1) is 19.7 Å². The number of nitrogens with zero attached hydrogens (tertiary/aromatic N) is 4. The van der Waals surface area contributed by atoms with Crippen molar-refractivity contribution in [2.24, 2.45) is 5.92 Å². The summed E-state index contributed by atoms with van der Waals surface area (Å²) in [4.78, 5) is 35.7. The number of hydrogen-bond acceptors (Lipinski definition) is 10. The first-order chi connectivity index (χ1) is 24.4. The van der Waals surface area contributed by atoms with Crippen molar-refractivity contribution >= 4 is 17.8 Å². The van der Waals surface area contributed by atoms with Gasteiger partial charge in [-0.3, -0.25) is 24.4 Å². The van der Waals surface area contributed by atoms with Gasteiger partial charge < -0.3 is 31.4 Å². The van der Waals surface area contributed by atoms with E-state index in [1.54, 1.807) is 0 Å². The van der Waals surface area contributed by atoms with Gasteiger partial charge in [-0.25, -0.2) is 4.98 Å². The number of carbonyl (C=O) groups is 2. The number of rotatable bonds is 19. The quantitative estimate of drug-likeness (QED) is 0.109. The Morgan fingerprint density at radius 2 is 1.46 bits per heavy atom. The Labute approximate surface area is 336 Å². The summed E-state index contributed by atoms with van der Waals surface area (Å²) in [6.45, 7) is 8.92. The third-order valence-corrected chi connectivity index (χ3v) is 10.5. The Bertz CT molecular complexity index is 1360. The third-order valence-electron chi connectivity index (χ3n) is 10.5. The molecule has 300 valence electrons. The zero-order valence-electron chi connectivity index (χ0n) is 32.5. The SMILES string of the molecule is C.CCOC(=O)CN1CC(CCCCCCc2ccc3c(n2)NCCC3)C1.O.O=C(O)CN1CC(NCCCCCc2ccc3c(n2)CCCC3)C1.[Li+].[OH-]. The number of esters is 1. The molecule has 6 rings (SSSR count). The van der Waals surface area contributed by atoms with Crippen LogP contribution in [0.15, 0.2) is 24.3 Å². The fraction of sp³-hybridized carbons (Fsp3) is 0.707. The van der Waals surface area contributed by atoms with Crippen LogP contribution in [0.1, 0.15) is 113 Å². The van der Waals surface area contributed by atoms with E-state index in [2.05, 4.69) is 39.8 Å². The van der Waals surface area contributed by atoms with E-state index in [9.17, 15) is 9.59 Å². The summed E-state index contributed by atoms with van der Waals surface area (Å²) < 4.78 is 4.99. The van der Waals surface area contributed by atoms with Crippen molar-refractivity contribution in [2.75, 3.05) is 64.3 Å². The normalized spacial score (nSPS) is 16.4. The maximum absolute atomic E-state index is 11.4. The van der Waals surface area contributed by atoms with Crippen LogP contribution in [0.2, 0.25) is 0 Å². The zero-order chi connectivity index (χ0) is 35.0. The molecule has 1 aliphatic carbocycles. The van der Waals surface area contributed by atoms with Crippen LogP contribution in [0.4, 0.5) is 5.82 Å². The summed E-state index contributed by atoms with van der Waals surface area (Å²) in [5.41, 5.74) is 6.67. The molecular formula is C41H69LiN6O6. The molecule has 2 aromatic heterocycles. The van der Waals surface area contributed by atoms with Gasteiger partial charge in [0.15, 0.2) is 0 Å². The van der Waals surface area contributed by atoms with Crippen LogP contribution in [0.5, 0.6) is 0 Å². The van der Waals surface area contributed by atoms with Gasteiger partial charge in [-0.15, -0.1) is 0 Å². The molecule has 0 saturated carbocycles. The first-order valence-corrected chi connectivity index (χ1v) is 19.7. The number of unbranched alkanes of at least 4 members (excludes halogenated alkanes) is 5. The standard InChI is InChI=1S/C21H33N3O2.C19H29N3O2.CH4.Li.2H2O/c1-2-26-20(25)16-24-14-17(15-24)8-5-3-4-6-10-19-12-11-18-9-7-13-22-21(18)23-19;23-19(24)14-22-12-17(13-22)20-11-5-1-2-7-16-10-9-15-6-3-4-8-18(15)21-16;;;;/h11-12,17H,2-10,13-16H2,1H3,(H,22,23);9-10,17,20H,1-8,11-14H2,(H,23,24);1H4;;2*1H2/q;;;+1;;/p-1. The van der Waals surface area contributed by atoms with Gasteiger partial charge in [0.25, 0.3) is 0 Å². The molecule has 4 aliphatic rings. The molecule has 0 amide bonds. The van der Waals surface area contributed by atoms with Gasteiger partial charge in [0, 0.05) is 55.8 Å². The molecule has 0 radical (unpaired) electrons. The minimum Gasteiger partial charge on any atom is -0.870 e. The number of nitrogens with one attached hydrogen (secondary N) is 2. The number of carbonyl (C=O) groups excluding carboxylic acids is 1. The molecule has 2 fully saturated rings. The summed E-state index contributed by atoms with van der Waals surface area (Å²) >= 11 is 0. The molecule has 13 heteroatoms. The minimum absolute atomic E-state index is 0. The number of aliphatic carboxylic acids is 1. The first kappa shape index (κ1) is 49.5. The van der Waals surface area contributed by atoms with Crippen LogP contribution in [-0.2, 0) is 46.4 Å². The number of anilines is 1. The summed E-state index contributed by atoms with van der Waals surface area (Å²) in [5, 5.41) is 15.6. The van der Waals surface area contributed by atoms with Crippen LogP contribution in [0, 0.1) is 5.92 Å². The number of pyridine rings is 2. The molecule has 0 aromatic carbocycles. The summed E-state index contributed by atoms with van der Waals surface area (Å²) in [7, 11) is 0. The Morgan fingerprint density at radius 3 is 2.19 bits per heavy atom. The maximum atomic E-state index is 11.4. The zero-order valence-corrected chi connectivity index (χ0v) is 32.5. The monoisotopic (exact) mass is 749 g/mol. The van der Waals surface area contributed by atoms with Crippen molar-refractivity contribution in [1.82, 2.24) is 25.1 Å². The van der Waals surface area contributed by atoms with Crippen molar-refractivity contribution in [1.29, 1.82) is 0 Å². The van der Waals surface area contributed by atoms with E-state index in [-0.39, 0.29) is 49.8 Å². The molecule has 54 heavy (non-hydrogen) atoms. The molecule has 3 aliphatic heterocycles.